The van der Waals surface area contributed by atoms with E-state index in [1.54, 1.807) is 50.2 Å². The maximum atomic E-state index is 13.7. The summed E-state index contributed by atoms with van der Waals surface area (Å²) >= 11 is 1.70. The van der Waals surface area contributed by atoms with Crippen molar-refractivity contribution in [3.63, 3.8) is 0 Å². The fourth-order valence-corrected chi connectivity index (χ4v) is 5.67. The van der Waals surface area contributed by atoms with Gasteiger partial charge in [-0.15, -0.1) is 0 Å². The van der Waals surface area contributed by atoms with Gasteiger partial charge in [0.15, 0.2) is 17.3 Å². The van der Waals surface area contributed by atoms with E-state index in [9.17, 15) is 14.7 Å². The number of esters is 1. The number of nitrogens with zero attached hydrogens (tertiary/aromatic N) is 1. The molecule has 0 amide bonds. The number of methoxy groups -OCH3 is 2. The summed E-state index contributed by atoms with van der Waals surface area (Å²) in [5.41, 5.74) is 3.66. The van der Waals surface area contributed by atoms with Gasteiger partial charge in [-0.2, -0.15) is 11.8 Å². The molecule has 0 saturated carbocycles. The van der Waals surface area contributed by atoms with Crippen molar-refractivity contribution in [2.75, 3.05) is 32.3 Å². The molecule has 4 rings (SSSR count). The first-order valence-corrected chi connectivity index (χ1v) is 13.6. The highest BCUT2D eigenvalue weighted by Gasteiger charge is 2.44. The summed E-state index contributed by atoms with van der Waals surface area (Å²) in [5, 5.41) is 9.86. The number of hydrogen-bond acceptors (Lipinski definition) is 8. The first-order chi connectivity index (χ1) is 17.9. The van der Waals surface area contributed by atoms with Crippen molar-refractivity contribution in [2.45, 2.75) is 38.5 Å². The minimum absolute atomic E-state index is 0.0327. The maximum Gasteiger partial charge on any atom is 0.315 e. The van der Waals surface area contributed by atoms with Gasteiger partial charge in [-0.05, 0) is 60.4 Å². The normalized spacial score (nSPS) is 21.2. The highest BCUT2D eigenvalue weighted by Crippen LogP contribution is 2.47. The molecule has 1 N–H and O–H groups in total. The molecule has 0 bridgehead atoms. The van der Waals surface area contributed by atoms with Gasteiger partial charge in [0.05, 0.1) is 14.2 Å². The van der Waals surface area contributed by atoms with Crippen LogP contribution < -0.4 is 9.47 Å². The Labute approximate surface area is 221 Å². The number of carbonyl (C=O) groups is 2. The molecule has 37 heavy (non-hydrogen) atoms. The van der Waals surface area contributed by atoms with Gasteiger partial charge in [-0.1, -0.05) is 25.1 Å². The number of Topliss-reactive ketones (excluding diaryl/α,β-unsaturated/α-hetero) is 1. The van der Waals surface area contributed by atoms with Crippen molar-refractivity contribution in [3.05, 3.63) is 64.9 Å². The van der Waals surface area contributed by atoms with Crippen LogP contribution >= 0.6 is 11.8 Å². The average molecular weight is 524 g/mol. The second-order valence-electron chi connectivity index (χ2n) is 9.17. The largest absolute Gasteiger partial charge is 0.508 e. The molecule has 1 unspecified atom stereocenters. The van der Waals surface area contributed by atoms with E-state index < -0.39 is 11.8 Å². The quantitative estimate of drug-likeness (QED) is 0.353. The lowest BCUT2D eigenvalue weighted by molar-refractivity contribution is -0.145. The molecule has 2 aromatic carbocycles. The molecular weight excluding hydrogens is 490 g/mol. The summed E-state index contributed by atoms with van der Waals surface area (Å²) in [6, 6.07) is 12.4. The predicted molar refractivity (Wildman–Crippen MR) is 145 cm³/mol. The number of phenolic OH excluding ortho intramolecular Hbond substituents is 1. The molecule has 0 radical (unpaired) electrons. The van der Waals surface area contributed by atoms with E-state index in [0.717, 1.165) is 22.6 Å². The van der Waals surface area contributed by atoms with Crippen molar-refractivity contribution in [2.24, 2.45) is 10.9 Å². The van der Waals surface area contributed by atoms with E-state index in [0.29, 0.717) is 47.9 Å². The summed E-state index contributed by atoms with van der Waals surface area (Å²) in [6.07, 6.45) is 0.865. The van der Waals surface area contributed by atoms with E-state index in [1.165, 1.54) is 0 Å². The van der Waals surface area contributed by atoms with Crippen LogP contribution in [-0.2, 0) is 14.3 Å². The van der Waals surface area contributed by atoms with Crippen LogP contribution in [0.5, 0.6) is 17.2 Å². The molecule has 8 heteroatoms. The Balaban J connectivity index is 1.70. The van der Waals surface area contributed by atoms with Crippen LogP contribution in [0.4, 0.5) is 0 Å². The third kappa shape index (κ3) is 5.69. The highest BCUT2D eigenvalue weighted by atomic mass is 32.2. The number of ether oxygens (including phenoxy) is 3. The van der Waals surface area contributed by atoms with E-state index in [4.69, 9.17) is 19.2 Å². The molecule has 1 aliphatic carbocycles. The fourth-order valence-electron chi connectivity index (χ4n) is 5.18. The molecular formula is C29H33NO6S. The molecule has 1 aliphatic heterocycles. The van der Waals surface area contributed by atoms with Gasteiger partial charge >= 0.3 is 5.97 Å². The minimum Gasteiger partial charge on any atom is -0.508 e. The second-order valence-corrected chi connectivity index (χ2v) is 10.6. The van der Waals surface area contributed by atoms with E-state index in [1.807, 2.05) is 25.1 Å². The van der Waals surface area contributed by atoms with Gasteiger partial charge < -0.3 is 19.3 Å². The Kier molecular flexibility index (Phi) is 8.59. The molecule has 2 aromatic rings. The number of aliphatic imine (C=N–C) groups is 1. The maximum absolute atomic E-state index is 13.7. The Morgan fingerprint density at radius 1 is 1.05 bits per heavy atom. The molecule has 1 heterocycles. The van der Waals surface area contributed by atoms with E-state index in [-0.39, 0.29) is 23.4 Å². The number of rotatable bonds is 9. The van der Waals surface area contributed by atoms with Gasteiger partial charge in [-0.25, -0.2) is 0 Å². The number of phenols is 1. The van der Waals surface area contributed by atoms with Crippen LogP contribution in [-0.4, -0.2) is 54.9 Å². The van der Waals surface area contributed by atoms with E-state index in [2.05, 4.69) is 6.92 Å². The van der Waals surface area contributed by atoms with Crippen molar-refractivity contribution < 1.29 is 28.9 Å². The average Bonchev–Trinajstić information content (AvgIpc) is 2.90. The summed E-state index contributed by atoms with van der Waals surface area (Å²) in [5.74, 6) is 1.34. The third-order valence-corrected chi connectivity index (χ3v) is 7.81. The summed E-state index contributed by atoms with van der Waals surface area (Å²) in [7, 11) is 3.18. The molecule has 7 nitrogen and oxygen atoms in total. The SMILES string of the molecule is CCSCCOC(=O)C1C(C)=NC2=C(C(=O)C[C@@H](c3ccc(OC)c(OC)c3)C2)[C@@H]1c1ccc(O)cc1. The summed E-state index contributed by atoms with van der Waals surface area (Å²) < 4.78 is 16.5. The Hall–Kier alpha value is -3.26. The van der Waals surface area contributed by atoms with Crippen LogP contribution in [0.25, 0.3) is 0 Å². The number of carbonyl (C=O) groups excluding carboxylic acids is 2. The topological polar surface area (TPSA) is 94.4 Å². The lowest BCUT2D eigenvalue weighted by Gasteiger charge is -2.36. The Morgan fingerprint density at radius 3 is 2.43 bits per heavy atom. The number of benzene rings is 2. The van der Waals surface area contributed by atoms with Crippen molar-refractivity contribution >= 4 is 29.2 Å². The highest BCUT2D eigenvalue weighted by molar-refractivity contribution is 7.99. The van der Waals surface area contributed by atoms with Gasteiger partial charge in [0.25, 0.3) is 0 Å². The first kappa shape index (κ1) is 26.8. The summed E-state index contributed by atoms with van der Waals surface area (Å²) in [6.45, 7) is 4.20. The van der Waals surface area contributed by atoms with Gasteiger partial charge in [0.2, 0.25) is 0 Å². The fraction of sp³-hybridized carbons (Fsp3) is 0.414. The monoisotopic (exact) mass is 523 g/mol. The molecule has 0 aromatic heterocycles. The number of allylic oxidation sites excluding steroid dienone is 2. The van der Waals surface area contributed by atoms with Gasteiger partial charge in [0, 0.05) is 35.1 Å². The molecule has 3 atom stereocenters. The zero-order valence-corrected chi connectivity index (χ0v) is 22.5. The number of thioether (sulfide) groups is 1. The molecule has 0 saturated heterocycles. The zero-order chi connectivity index (χ0) is 26.5. The van der Waals surface area contributed by atoms with E-state index >= 15 is 0 Å². The Bertz CT molecular complexity index is 1220. The standard InChI is InChI=1S/C29H33NO6S/c1-5-37-13-12-36-29(33)26-17(2)30-22-14-20(19-8-11-24(34-3)25(16-19)35-4)15-23(32)28(22)27(26)18-6-9-21(31)10-7-18/h6-11,16,20,26-27,31H,5,12-15H2,1-4H3/t20-,26?,27+/m0/s1. The van der Waals surface area contributed by atoms with Crippen molar-refractivity contribution in [1.82, 2.24) is 0 Å². The number of hydrogen-bond donors (Lipinski definition) is 1. The van der Waals surface area contributed by atoms with Gasteiger partial charge in [-0.3, -0.25) is 14.6 Å². The lowest BCUT2D eigenvalue weighted by Crippen LogP contribution is -2.38. The third-order valence-electron chi connectivity index (χ3n) is 6.95. The van der Waals surface area contributed by atoms with Crippen LogP contribution in [0.2, 0.25) is 0 Å². The van der Waals surface area contributed by atoms with Crippen LogP contribution in [0.3, 0.4) is 0 Å². The molecule has 0 spiro atoms. The lowest BCUT2D eigenvalue weighted by atomic mass is 9.69. The molecule has 2 aliphatic rings. The minimum atomic E-state index is -0.698. The van der Waals surface area contributed by atoms with Gasteiger partial charge in [0.1, 0.15) is 18.3 Å². The van der Waals surface area contributed by atoms with Crippen LogP contribution in [0, 0.1) is 5.92 Å². The second kappa shape index (κ2) is 11.9. The summed E-state index contributed by atoms with van der Waals surface area (Å²) in [4.78, 5) is 31.8. The van der Waals surface area contributed by atoms with Crippen molar-refractivity contribution in [1.29, 1.82) is 0 Å². The number of ketones is 1. The Morgan fingerprint density at radius 2 is 1.76 bits per heavy atom. The predicted octanol–water partition coefficient (Wildman–Crippen LogP) is 5.28. The van der Waals surface area contributed by atoms with Crippen LogP contribution in [0.1, 0.15) is 49.7 Å². The van der Waals surface area contributed by atoms with Crippen LogP contribution in [0.15, 0.2) is 58.7 Å². The van der Waals surface area contributed by atoms with Crippen molar-refractivity contribution in [3.8, 4) is 17.2 Å². The molecule has 196 valence electrons. The number of aromatic hydroxyl groups is 1. The zero-order valence-electron chi connectivity index (χ0n) is 21.7. The smallest absolute Gasteiger partial charge is 0.315 e. The molecule has 0 fully saturated rings. The first-order valence-electron chi connectivity index (χ1n) is 12.4.